The Balaban J connectivity index is 4.35. The molecule has 0 saturated carbocycles. The molecular weight excluding hydrogens is 392 g/mol. The van der Waals surface area contributed by atoms with Gasteiger partial charge in [0.15, 0.2) is 0 Å². The quantitative estimate of drug-likeness (QED) is 0.233. The Kier molecular flexibility index (Phi) is 14.2. The Hall–Kier alpha value is -1.16. The van der Waals surface area contributed by atoms with E-state index in [0.29, 0.717) is 19.0 Å². The van der Waals surface area contributed by atoms with Crippen LogP contribution in [0.2, 0.25) is 6.04 Å². The fourth-order valence-corrected chi connectivity index (χ4v) is 5.82. The molecule has 1 atom stereocenters. The van der Waals surface area contributed by atoms with Crippen LogP contribution in [0.1, 0.15) is 68.2 Å². The smallest absolute Gasteiger partial charge is 0.464 e. The van der Waals surface area contributed by atoms with E-state index in [2.05, 4.69) is 10.6 Å². The highest BCUT2D eigenvalue weighted by atomic mass is 28.4. The van der Waals surface area contributed by atoms with Crippen molar-refractivity contribution in [3.63, 3.8) is 0 Å². The van der Waals surface area contributed by atoms with Gasteiger partial charge in [0, 0.05) is 30.9 Å². The first-order valence-corrected chi connectivity index (χ1v) is 12.7. The second-order valence-electron chi connectivity index (χ2n) is 7.95. The minimum absolute atomic E-state index is 0.00596. The van der Waals surface area contributed by atoms with Crippen molar-refractivity contribution in [2.75, 3.05) is 19.7 Å². The molecule has 29 heavy (non-hydrogen) atoms. The number of carbonyl (C=O) groups excluding carboxylic acids is 2. The van der Waals surface area contributed by atoms with Crippen molar-refractivity contribution < 1.29 is 27.6 Å². The summed E-state index contributed by atoms with van der Waals surface area (Å²) in [6.45, 7) is 16.5. The Morgan fingerprint density at radius 1 is 0.828 bits per heavy atom. The maximum atomic E-state index is 11.9. The molecule has 0 heterocycles. The molecule has 1 unspecified atom stereocenters. The minimum Gasteiger partial charge on any atom is -0.464 e. The van der Waals surface area contributed by atoms with Crippen LogP contribution in [-0.4, -0.2) is 58.8 Å². The van der Waals surface area contributed by atoms with Crippen LogP contribution in [0.15, 0.2) is 0 Å². The zero-order valence-electron chi connectivity index (χ0n) is 19.5. The number of ether oxygens (including phenoxy) is 1. The summed E-state index contributed by atoms with van der Waals surface area (Å²) in [4.78, 5) is 23.5. The largest absolute Gasteiger partial charge is 0.501 e. The lowest BCUT2D eigenvalue weighted by Gasteiger charge is -2.34. The number of urea groups is 1. The van der Waals surface area contributed by atoms with E-state index in [1.54, 1.807) is 0 Å². The number of esters is 1. The van der Waals surface area contributed by atoms with Crippen molar-refractivity contribution in [2.24, 2.45) is 5.92 Å². The number of carbonyl (C=O) groups is 2. The number of rotatable bonds is 15. The Bertz CT molecular complexity index is 447. The second-order valence-corrected chi connectivity index (χ2v) is 10.5. The molecule has 0 aliphatic carbocycles. The van der Waals surface area contributed by atoms with Crippen LogP contribution in [0.5, 0.6) is 0 Å². The third-order valence-corrected chi connectivity index (χ3v) is 7.30. The molecule has 0 bridgehead atoms. The number of nitrogens with one attached hydrogen (secondary N) is 2. The average molecular weight is 435 g/mol. The van der Waals surface area contributed by atoms with Crippen molar-refractivity contribution in [3.05, 3.63) is 0 Å². The van der Waals surface area contributed by atoms with E-state index < -0.39 is 8.80 Å². The van der Waals surface area contributed by atoms with Gasteiger partial charge in [-0.15, -0.1) is 0 Å². The SMILES string of the molecule is CCC(C)C(=O)OCCNC(=O)NCCC[Si](OC(C)C)(OC(C)C)OC(C)C. The summed E-state index contributed by atoms with van der Waals surface area (Å²) in [5, 5.41) is 5.48. The third-order valence-electron chi connectivity index (χ3n) is 3.84. The molecular formula is C20H42N2O6Si. The van der Waals surface area contributed by atoms with Crippen LogP contribution in [-0.2, 0) is 22.8 Å². The summed E-state index contributed by atoms with van der Waals surface area (Å²) in [6.07, 6.45) is 1.39. The number of hydrogen-bond acceptors (Lipinski definition) is 6. The molecule has 0 rings (SSSR count). The van der Waals surface area contributed by atoms with Gasteiger partial charge in [0.25, 0.3) is 0 Å². The van der Waals surface area contributed by atoms with E-state index in [1.165, 1.54) is 0 Å². The minimum atomic E-state index is -2.84. The highest BCUT2D eigenvalue weighted by Gasteiger charge is 2.43. The first-order valence-electron chi connectivity index (χ1n) is 10.7. The zero-order chi connectivity index (χ0) is 22.4. The summed E-state index contributed by atoms with van der Waals surface area (Å²) in [5.74, 6) is -0.362. The first-order chi connectivity index (χ1) is 13.5. The first kappa shape index (κ1) is 27.8. The van der Waals surface area contributed by atoms with Crippen molar-refractivity contribution in [1.82, 2.24) is 10.6 Å². The molecule has 0 saturated heterocycles. The normalized spacial score (nSPS) is 13.1. The fourth-order valence-electron chi connectivity index (χ4n) is 2.53. The van der Waals surface area contributed by atoms with Crippen LogP contribution in [0, 0.1) is 5.92 Å². The van der Waals surface area contributed by atoms with E-state index in [-0.39, 0.29) is 49.4 Å². The summed E-state index contributed by atoms with van der Waals surface area (Å²) < 4.78 is 23.4. The standard InChI is InChI=1S/C20H42N2O6Si/c1-9-18(8)19(23)25-13-12-22-20(24)21-11-10-14-29(26-15(2)3,27-16(4)5)28-17(6)7/h15-18H,9-14H2,1-8H3,(H2,21,22,24). The molecule has 2 N–H and O–H groups in total. The van der Waals surface area contributed by atoms with Crippen molar-refractivity contribution in [3.8, 4) is 0 Å². The van der Waals surface area contributed by atoms with E-state index in [0.717, 1.165) is 6.42 Å². The third kappa shape index (κ3) is 13.6. The highest BCUT2D eigenvalue weighted by molar-refractivity contribution is 6.60. The Labute approximate surface area is 177 Å². The second kappa shape index (κ2) is 14.8. The average Bonchev–Trinajstić information content (AvgIpc) is 2.59. The Morgan fingerprint density at radius 2 is 1.31 bits per heavy atom. The maximum Gasteiger partial charge on any atom is 0.501 e. The summed E-state index contributed by atoms with van der Waals surface area (Å²) in [5.41, 5.74) is 0. The molecule has 0 radical (unpaired) electrons. The molecule has 8 nitrogen and oxygen atoms in total. The van der Waals surface area contributed by atoms with Gasteiger partial charge in [0.05, 0.1) is 12.5 Å². The zero-order valence-corrected chi connectivity index (χ0v) is 20.5. The summed E-state index contributed by atoms with van der Waals surface area (Å²) in [7, 11) is -2.84. The van der Waals surface area contributed by atoms with Gasteiger partial charge in [-0.2, -0.15) is 0 Å². The van der Waals surface area contributed by atoms with Gasteiger partial charge in [0.2, 0.25) is 0 Å². The molecule has 9 heteroatoms. The number of amides is 2. The van der Waals surface area contributed by atoms with Crippen molar-refractivity contribution in [2.45, 2.75) is 92.6 Å². The molecule has 2 amide bonds. The van der Waals surface area contributed by atoms with Gasteiger partial charge in [-0.1, -0.05) is 13.8 Å². The van der Waals surface area contributed by atoms with Crippen LogP contribution in [0.4, 0.5) is 4.79 Å². The number of hydrogen-bond donors (Lipinski definition) is 2. The summed E-state index contributed by atoms with van der Waals surface area (Å²) in [6, 6.07) is 0.324. The lowest BCUT2D eigenvalue weighted by Crippen LogP contribution is -2.51. The highest BCUT2D eigenvalue weighted by Crippen LogP contribution is 2.23. The van der Waals surface area contributed by atoms with Crippen LogP contribution in [0.25, 0.3) is 0 Å². The van der Waals surface area contributed by atoms with E-state index >= 15 is 0 Å². The van der Waals surface area contributed by atoms with Crippen molar-refractivity contribution >= 4 is 20.8 Å². The van der Waals surface area contributed by atoms with Gasteiger partial charge in [-0.3, -0.25) is 4.79 Å². The van der Waals surface area contributed by atoms with E-state index in [1.807, 2.05) is 55.4 Å². The monoisotopic (exact) mass is 434 g/mol. The predicted molar refractivity (Wildman–Crippen MR) is 116 cm³/mol. The fraction of sp³-hybridized carbons (Fsp3) is 0.900. The molecule has 0 aliphatic rings. The van der Waals surface area contributed by atoms with Gasteiger partial charge in [0.1, 0.15) is 6.61 Å². The lowest BCUT2D eigenvalue weighted by molar-refractivity contribution is -0.147. The molecule has 0 aliphatic heterocycles. The molecule has 0 fully saturated rings. The van der Waals surface area contributed by atoms with Gasteiger partial charge < -0.3 is 28.6 Å². The lowest BCUT2D eigenvalue weighted by atomic mass is 10.1. The molecule has 0 aromatic carbocycles. The van der Waals surface area contributed by atoms with Gasteiger partial charge >= 0.3 is 20.8 Å². The predicted octanol–water partition coefficient (Wildman–Crippen LogP) is 3.48. The molecule has 0 aromatic heterocycles. The molecule has 0 spiro atoms. The van der Waals surface area contributed by atoms with E-state index in [4.69, 9.17) is 18.0 Å². The molecule has 0 aromatic rings. The van der Waals surface area contributed by atoms with E-state index in [9.17, 15) is 9.59 Å². The Morgan fingerprint density at radius 3 is 1.76 bits per heavy atom. The van der Waals surface area contributed by atoms with Crippen LogP contribution >= 0.6 is 0 Å². The molecule has 172 valence electrons. The van der Waals surface area contributed by atoms with Crippen molar-refractivity contribution in [1.29, 1.82) is 0 Å². The topological polar surface area (TPSA) is 95.1 Å². The van der Waals surface area contributed by atoms with Gasteiger partial charge in [-0.05, 0) is 54.4 Å². The van der Waals surface area contributed by atoms with Crippen LogP contribution < -0.4 is 10.6 Å². The van der Waals surface area contributed by atoms with Crippen LogP contribution in [0.3, 0.4) is 0 Å². The van der Waals surface area contributed by atoms with Gasteiger partial charge in [-0.25, -0.2) is 4.79 Å². The summed E-state index contributed by atoms with van der Waals surface area (Å²) >= 11 is 0. The maximum absolute atomic E-state index is 11.9.